The molecule has 0 aromatic heterocycles. The third-order valence-corrected chi connectivity index (χ3v) is 5.23. The smallest absolute Gasteiger partial charge is 0.191 e. The molecule has 1 heterocycles. The lowest BCUT2D eigenvalue weighted by atomic mass is 9.99. The van der Waals surface area contributed by atoms with E-state index in [-0.39, 0.29) is 5.82 Å². The topological polar surface area (TPSA) is 58.1 Å². The van der Waals surface area contributed by atoms with Crippen LogP contribution in [0.2, 0.25) is 0 Å². The predicted octanol–water partition coefficient (Wildman–Crippen LogP) is 2.96. The first-order valence-electron chi connectivity index (χ1n) is 10.4. The Morgan fingerprint density at radius 1 is 1.10 bits per heavy atom. The van der Waals surface area contributed by atoms with Gasteiger partial charge < -0.3 is 20.1 Å². The summed E-state index contributed by atoms with van der Waals surface area (Å²) in [5.41, 5.74) is 3.18. The molecule has 0 aliphatic carbocycles. The van der Waals surface area contributed by atoms with Crippen molar-refractivity contribution in [3.8, 4) is 11.5 Å². The van der Waals surface area contributed by atoms with Crippen LogP contribution >= 0.6 is 0 Å². The number of methoxy groups -OCH3 is 2. The summed E-state index contributed by atoms with van der Waals surface area (Å²) >= 11 is 0. The number of fused-ring (bicyclic) bond motifs is 1. The molecule has 0 atom stereocenters. The Labute approximate surface area is 178 Å². The molecule has 0 radical (unpaired) electrons. The van der Waals surface area contributed by atoms with Gasteiger partial charge in [-0.2, -0.15) is 0 Å². The molecular weight excluding hydrogens is 383 g/mol. The van der Waals surface area contributed by atoms with Crippen LogP contribution in [0.15, 0.2) is 41.4 Å². The first-order valence-corrected chi connectivity index (χ1v) is 10.4. The lowest BCUT2D eigenvalue weighted by Gasteiger charge is -2.29. The van der Waals surface area contributed by atoms with Gasteiger partial charge in [0.2, 0.25) is 0 Å². The molecule has 2 aromatic carbocycles. The number of hydrogen-bond donors (Lipinski definition) is 2. The summed E-state index contributed by atoms with van der Waals surface area (Å²) in [4.78, 5) is 6.91. The number of nitrogens with zero attached hydrogens (tertiary/aromatic N) is 2. The van der Waals surface area contributed by atoms with Crippen LogP contribution in [-0.2, 0) is 19.5 Å². The lowest BCUT2D eigenvalue weighted by Crippen LogP contribution is -2.42. The van der Waals surface area contributed by atoms with Crippen molar-refractivity contribution in [3.63, 3.8) is 0 Å². The van der Waals surface area contributed by atoms with E-state index in [9.17, 15) is 4.39 Å². The molecule has 0 spiro atoms. The molecule has 0 unspecified atom stereocenters. The van der Waals surface area contributed by atoms with E-state index in [1.807, 2.05) is 13.0 Å². The molecule has 0 amide bonds. The molecule has 6 nitrogen and oxygen atoms in total. The minimum atomic E-state index is -0.226. The first kappa shape index (κ1) is 21.9. The Morgan fingerprint density at radius 2 is 1.83 bits per heavy atom. The lowest BCUT2D eigenvalue weighted by molar-refractivity contribution is 0.256. The van der Waals surface area contributed by atoms with E-state index in [0.717, 1.165) is 50.6 Å². The van der Waals surface area contributed by atoms with E-state index < -0.39 is 0 Å². The van der Waals surface area contributed by atoms with Crippen LogP contribution in [-0.4, -0.2) is 51.3 Å². The summed E-state index contributed by atoms with van der Waals surface area (Å²) in [5, 5.41) is 6.57. The Hall–Kier alpha value is -2.80. The number of guanidine groups is 1. The summed E-state index contributed by atoms with van der Waals surface area (Å²) in [6.45, 7) is 6.59. The number of halogens is 1. The maximum Gasteiger partial charge on any atom is 0.191 e. The largest absolute Gasteiger partial charge is 0.493 e. The van der Waals surface area contributed by atoms with Crippen molar-refractivity contribution >= 4 is 5.96 Å². The maximum absolute atomic E-state index is 13.8. The number of ether oxygens (including phenoxy) is 2. The van der Waals surface area contributed by atoms with E-state index in [0.29, 0.717) is 18.1 Å². The van der Waals surface area contributed by atoms with E-state index in [1.54, 1.807) is 26.4 Å². The quantitative estimate of drug-likeness (QED) is 0.514. The van der Waals surface area contributed by atoms with Crippen molar-refractivity contribution in [1.29, 1.82) is 0 Å². The predicted molar refractivity (Wildman–Crippen MR) is 118 cm³/mol. The van der Waals surface area contributed by atoms with Gasteiger partial charge in [-0.3, -0.25) is 4.90 Å². The second-order valence-corrected chi connectivity index (χ2v) is 7.22. The Kier molecular flexibility index (Phi) is 7.90. The van der Waals surface area contributed by atoms with Crippen molar-refractivity contribution in [1.82, 2.24) is 15.5 Å². The fourth-order valence-electron chi connectivity index (χ4n) is 3.60. The van der Waals surface area contributed by atoms with Crippen LogP contribution in [0.1, 0.15) is 23.6 Å². The molecule has 7 heteroatoms. The van der Waals surface area contributed by atoms with Crippen molar-refractivity contribution in [2.75, 3.05) is 40.4 Å². The van der Waals surface area contributed by atoms with Gasteiger partial charge in [0.1, 0.15) is 5.82 Å². The molecule has 0 fully saturated rings. The highest BCUT2D eigenvalue weighted by Crippen LogP contribution is 2.33. The zero-order valence-corrected chi connectivity index (χ0v) is 18.0. The molecular formula is C23H31FN4O2. The first-order chi connectivity index (χ1) is 14.6. The minimum absolute atomic E-state index is 0.226. The molecule has 1 aliphatic rings. The van der Waals surface area contributed by atoms with Gasteiger partial charge in [-0.15, -0.1) is 0 Å². The highest BCUT2D eigenvalue weighted by atomic mass is 19.1. The van der Waals surface area contributed by atoms with E-state index in [1.165, 1.54) is 17.2 Å². The van der Waals surface area contributed by atoms with Crippen molar-refractivity contribution < 1.29 is 13.9 Å². The van der Waals surface area contributed by atoms with Gasteiger partial charge in [0, 0.05) is 38.3 Å². The highest BCUT2D eigenvalue weighted by molar-refractivity contribution is 5.79. The standard InChI is InChI=1S/C23H31FN4O2/c1-4-25-23(27-15-18-7-5-6-8-20(18)24)26-10-12-28-11-9-17-13-21(29-2)22(30-3)14-19(17)16-28/h5-8,13-14H,4,9-12,15-16H2,1-3H3,(H2,25,26,27). The second-order valence-electron chi connectivity index (χ2n) is 7.22. The molecule has 0 saturated carbocycles. The minimum Gasteiger partial charge on any atom is -0.493 e. The third-order valence-electron chi connectivity index (χ3n) is 5.23. The van der Waals surface area contributed by atoms with Crippen LogP contribution in [0.5, 0.6) is 11.5 Å². The fourth-order valence-corrected chi connectivity index (χ4v) is 3.60. The number of benzene rings is 2. The van der Waals surface area contributed by atoms with Gasteiger partial charge in [-0.25, -0.2) is 9.38 Å². The normalized spacial score (nSPS) is 14.2. The number of nitrogens with one attached hydrogen (secondary N) is 2. The van der Waals surface area contributed by atoms with Crippen molar-refractivity contribution in [3.05, 3.63) is 58.9 Å². The molecule has 0 bridgehead atoms. The van der Waals surface area contributed by atoms with Gasteiger partial charge >= 0.3 is 0 Å². The van der Waals surface area contributed by atoms with E-state index in [4.69, 9.17) is 9.47 Å². The van der Waals surface area contributed by atoms with Gasteiger partial charge in [0.05, 0.1) is 20.8 Å². The summed E-state index contributed by atoms with van der Waals surface area (Å²) in [7, 11) is 3.33. The maximum atomic E-state index is 13.8. The third kappa shape index (κ3) is 5.63. The van der Waals surface area contributed by atoms with Crippen LogP contribution in [0.25, 0.3) is 0 Å². The Bertz CT molecular complexity index is 872. The van der Waals surface area contributed by atoms with Gasteiger partial charge in [-0.05, 0) is 42.7 Å². The molecule has 0 saturated heterocycles. The molecule has 162 valence electrons. The van der Waals surface area contributed by atoms with Gasteiger partial charge in [0.15, 0.2) is 17.5 Å². The fraction of sp³-hybridized carbons (Fsp3) is 0.435. The summed E-state index contributed by atoms with van der Waals surface area (Å²) in [6, 6.07) is 10.9. The highest BCUT2D eigenvalue weighted by Gasteiger charge is 2.19. The van der Waals surface area contributed by atoms with Crippen LogP contribution in [0.3, 0.4) is 0 Å². The van der Waals surface area contributed by atoms with Crippen LogP contribution < -0.4 is 20.1 Å². The van der Waals surface area contributed by atoms with Crippen LogP contribution in [0.4, 0.5) is 4.39 Å². The summed E-state index contributed by atoms with van der Waals surface area (Å²) in [5.74, 6) is 2.03. The molecule has 3 rings (SSSR count). The second kappa shape index (κ2) is 10.8. The summed E-state index contributed by atoms with van der Waals surface area (Å²) in [6.07, 6.45) is 0.983. The van der Waals surface area contributed by atoms with Crippen molar-refractivity contribution in [2.45, 2.75) is 26.4 Å². The number of rotatable bonds is 8. The zero-order valence-electron chi connectivity index (χ0n) is 18.0. The van der Waals surface area contributed by atoms with E-state index >= 15 is 0 Å². The average molecular weight is 415 g/mol. The molecule has 1 aliphatic heterocycles. The zero-order chi connectivity index (χ0) is 21.3. The monoisotopic (exact) mass is 414 g/mol. The Morgan fingerprint density at radius 3 is 2.53 bits per heavy atom. The van der Waals surface area contributed by atoms with Gasteiger partial charge in [0.25, 0.3) is 0 Å². The van der Waals surface area contributed by atoms with Gasteiger partial charge in [-0.1, -0.05) is 18.2 Å². The molecule has 30 heavy (non-hydrogen) atoms. The van der Waals surface area contributed by atoms with Crippen molar-refractivity contribution in [2.24, 2.45) is 4.99 Å². The van der Waals surface area contributed by atoms with Crippen LogP contribution in [0, 0.1) is 5.82 Å². The molecule has 2 N–H and O–H groups in total. The number of aliphatic imine (C=N–C) groups is 1. The summed E-state index contributed by atoms with van der Waals surface area (Å²) < 4.78 is 24.7. The average Bonchev–Trinajstić information content (AvgIpc) is 2.77. The SMILES string of the molecule is CCNC(=NCc1ccccc1F)NCCN1CCc2cc(OC)c(OC)cc2C1. The molecule has 2 aromatic rings. The Balaban J connectivity index is 1.54. The van der Waals surface area contributed by atoms with E-state index in [2.05, 4.69) is 32.7 Å². The number of hydrogen-bond acceptors (Lipinski definition) is 4.